The summed E-state index contributed by atoms with van der Waals surface area (Å²) in [4.78, 5) is 37.4. The van der Waals surface area contributed by atoms with Crippen LogP contribution in [0.1, 0.15) is 93.9 Å². The number of amidine groups is 1. The Balaban J connectivity index is 0.000000726. The molecule has 6 nitrogen and oxygen atoms in total. The molecule has 7 heteroatoms. The number of carbonyl (C=O) groups excluding carboxylic acids is 3. The minimum absolute atomic E-state index is 0. The van der Waals surface area contributed by atoms with E-state index in [1.165, 1.54) is 36.0 Å². The number of rotatable bonds is 9. The van der Waals surface area contributed by atoms with Crippen molar-refractivity contribution in [1.82, 2.24) is 5.32 Å². The minimum Gasteiger partial charge on any atom is -0.846 e. The Labute approximate surface area is 251 Å². The average Bonchev–Trinajstić information content (AvgIpc) is 2.79. The van der Waals surface area contributed by atoms with Crippen LogP contribution in [-0.4, -0.2) is 24.1 Å². The van der Waals surface area contributed by atoms with Gasteiger partial charge in [-0.25, -0.2) is 4.99 Å². The predicted molar refractivity (Wildman–Crippen MR) is 150 cm³/mol. The largest absolute Gasteiger partial charge is 1.00 e. The maximum atomic E-state index is 11.9. The quantitative estimate of drug-likeness (QED) is 0.162. The van der Waals surface area contributed by atoms with Crippen LogP contribution < -0.4 is 40.0 Å². The van der Waals surface area contributed by atoms with Crippen LogP contribution in [0.3, 0.4) is 0 Å². The number of allylic oxidation sites excluding steroid dienone is 10. The summed E-state index contributed by atoms with van der Waals surface area (Å²) in [5.41, 5.74) is 4.33. The van der Waals surface area contributed by atoms with Gasteiger partial charge in [-0.3, -0.25) is 14.4 Å². The number of aliphatic imine (C=N–C) groups is 1. The van der Waals surface area contributed by atoms with Gasteiger partial charge in [0.25, 0.3) is 5.91 Å². The van der Waals surface area contributed by atoms with E-state index in [0.717, 1.165) is 24.7 Å². The number of hydrogen-bond donors (Lipinski definition) is 1. The summed E-state index contributed by atoms with van der Waals surface area (Å²) in [6.45, 7) is 16.6. The van der Waals surface area contributed by atoms with E-state index >= 15 is 0 Å². The maximum absolute atomic E-state index is 11.9. The Morgan fingerprint density at radius 1 is 1.13 bits per heavy atom. The van der Waals surface area contributed by atoms with E-state index in [-0.39, 0.29) is 40.9 Å². The summed E-state index contributed by atoms with van der Waals surface area (Å²) in [5.74, 6) is -1.20. The van der Waals surface area contributed by atoms with E-state index in [4.69, 9.17) is 0 Å². The molecule has 0 saturated heterocycles. The Kier molecular flexibility index (Phi) is 15.9. The molecule has 2 aliphatic rings. The Hall–Kier alpha value is -2.02. The van der Waals surface area contributed by atoms with Crippen LogP contribution >= 0.6 is 0 Å². The van der Waals surface area contributed by atoms with Gasteiger partial charge in [-0.15, -0.1) is 0 Å². The van der Waals surface area contributed by atoms with E-state index in [0.29, 0.717) is 6.42 Å². The van der Waals surface area contributed by atoms with Crippen molar-refractivity contribution in [2.45, 2.75) is 93.9 Å². The van der Waals surface area contributed by atoms with Crippen LogP contribution in [0.15, 0.2) is 63.7 Å². The van der Waals surface area contributed by atoms with Crippen molar-refractivity contribution < 1.29 is 49.0 Å². The summed E-state index contributed by atoms with van der Waals surface area (Å²) in [6.07, 6.45) is 18.7. The van der Waals surface area contributed by atoms with E-state index in [2.05, 4.69) is 56.2 Å². The second-order valence-corrected chi connectivity index (χ2v) is 10.8. The second-order valence-electron chi connectivity index (χ2n) is 10.8. The van der Waals surface area contributed by atoms with E-state index in [9.17, 15) is 19.5 Å². The van der Waals surface area contributed by atoms with Gasteiger partial charge in [0, 0.05) is 0 Å². The number of carbonyl (C=O) groups is 3. The third-order valence-corrected chi connectivity index (χ3v) is 7.44. The van der Waals surface area contributed by atoms with Gasteiger partial charge in [0.15, 0.2) is 0 Å². The van der Waals surface area contributed by atoms with Crippen molar-refractivity contribution in [1.29, 1.82) is 0 Å². The van der Waals surface area contributed by atoms with Gasteiger partial charge >= 0.3 is 29.6 Å². The molecule has 2 rings (SSSR count). The molecule has 0 spiro atoms. The van der Waals surface area contributed by atoms with Gasteiger partial charge in [-0.05, 0) is 81.4 Å². The SMILES string of the molecule is CC1=C(/C=C/C(C)=C/C=C/C(C)=C/C=O)C(C)(C)CCC1.CCCC(C)C1(CC)C(=O)N=C([O-])NC1=O.[Na+]. The van der Waals surface area contributed by atoms with Gasteiger partial charge in [0.2, 0.25) is 5.91 Å². The molecule has 0 aromatic carbocycles. The molecule has 2 unspecified atom stereocenters. The standard InChI is InChI=1S/C20H28O.C11H18N2O3.Na/c1-16(8-6-9-17(2)13-15-21)11-12-19-18(3)10-7-14-20(19,4)5;1-4-6-7(3)11(5-2)8(14)12-10(16)13-9(11)15;/h6,8-9,11-13,15H,7,10,14H2,1-5H3;7H,4-6H2,1-3H3,(H2,12,13,14,15,16);/q;;+1/p-1/b9-6+,12-11+,16-8+,17-13+;;. The zero-order valence-corrected chi connectivity index (χ0v) is 26.9. The summed E-state index contributed by atoms with van der Waals surface area (Å²) >= 11 is 0. The first-order valence-corrected chi connectivity index (χ1v) is 13.3. The molecule has 1 aliphatic heterocycles. The fourth-order valence-corrected chi connectivity index (χ4v) is 5.10. The number of aldehydes is 1. The summed E-state index contributed by atoms with van der Waals surface area (Å²) in [7, 11) is 0. The molecule has 1 heterocycles. The molecule has 0 fully saturated rings. The van der Waals surface area contributed by atoms with Gasteiger partial charge in [0.1, 0.15) is 11.7 Å². The normalized spacial score (nSPS) is 22.9. The Morgan fingerprint density at radius 3 is 2.29 bits per heavy atom. The van der Waals surface area contributed by atoms with Gasteiger partial charge < -0.3 is 10.4 Å². The molecule has 1 aliphatic carbocycles. The molecule has 38 heavy (non-hydrogen) atoms. The maximum Gasteiger partial charge on any atom is 1.00 e. The third kappa shape index (κ3) is 9.94. The zero-order valence-electron chi connectivity index (χ0n) is 24.9. The number of hydrogen-bond acceptors (Lipinski definition) is 4. The van der Waals surface area contributed by atoms with Crippen LogP contribution in [0, 0.1) is 16.7 Å². The number of nitrogens with one attached hydrogen (secondary N) is 1. The smallest absolute Gasteiger partial charge is 0.846 e. The van der Waals surface area contributed by atoms with Crippen LogP contribution in [0.5, 0.6) is 0 Å². The topological polar surface area (TPSA) is 98.7 Å². The van der Waals surface area contributed by atoms with Crippen LogP contribution in [0.4, 0.5) is 0 Å². The Morgan fingerprint density at radius 2 is 1.76 bits per heavy atom. The second kappa shape index (κ2) is 16.8. The van der Waals surface area contributed by atoms with E-state index in [1.54, 1.807) is 13.0 Å². The zero-order chi connectivity index (χ0) is 28.2. The fraction of sp³-hybridized carbons (Fsp3) is 0.548. The van der Waals surface area contributed by atoms with Crippen LogP contribution in [0.2, 0.25) is 0 Å². The molecule has 0 aromatic heterocycles. The van der Waals surface area contributed by atoms with E-state index in [1.807, 2.05) is 32.9 Å². The molecule has 0 aromatic rings. The third-order valence-electron chi connectivity index (χ3n) is 7.44. The first-order chi connectivity index (χ1) is 17.3. The monoisotopic (exact) mass is 532 g/mol. The molecule has 0 bridgehead atoms. The van der Waals surface area contributed by atoms with Gasteiger partial charge in [-0.2, -0.15) is 0 Å². The number of nitrogens with zero attached hydrogens (tertiary/aromatic N) is 1. The average molecular weight is 533 g/mol. The molecule has 2 atom stereocenters. The Bertz CT molecular complexity index is 1030. The first kappa shape index (κ1) is 36.0. The van der Waals surface area contributed by atoms with E-state index < -0.39 is 23.3 Å². The first-order valence-electron chi connectivity index (χ1n) is 13.3. The molecule has 2 amide bonds. The number of amides is 2. The van der Waals surface area contributed by atoms with Gasteiger partial charge in [-0.1, -0.05) is 82.6 Å². The van der Waals surface area contributed by atoms with Crippen molar-refractivity contribution in [2.24, 2.45) is 21.7 Å². The van der Waals surface area contributed by atoms with Crippen LogP contribution in [-0.2, 0) is 14.4 Å². The van der Waals surface area contributed by atoms with Crippen molar-refractivity contribution in [3.63, 3.8) is 0 Å². The molecular weight excluding hydrogens is 487 g/mol. The van der Waals surface area contributed by atoms with Crippen molar-refractivity contribution in [3.8, 4) is 0 Å². The van der Waals surface area contributed by atoms with Crippen molar-refractivity contribution in [3.05, 3.63) is 58.7 Å². The molecular formula is C31H45N2NaO4. The predicted octanol–water partition coefficient (Wildman–Crippen LogP) is 2.91. The summed E-state index contributed by atoms with van der Waals surface area (Å²) in [6, 6.07) is -0.845. The minimum atomic E-state index is -1.15. The molecule has 1 N–H and O–H groups in total. The summed E-state index contributed by atoms with van der Waals surface area (Å²) in [5, 5.41) is 13.1. The molecule has 204 valence electrons. The molecule has 0 saturated carbocycles. The van der Waals surface area contributed by atoms with Crippen molar-refractivity contribution in [2.75, 3.05) is 0 Å². The fourth-order valence-electron chi connectivity index (χ4n) is 5.10. The molecule has 0 radical (unpaired) electrons. The van der Waals surface area contributed by atoms with Crippen LogP contribution in [0.25, 0.3) is 0 Å². The summed E-state index contributed by atoms with van der Waals surface area (Å²) < 4.78 is 0. The van der Waals surface area contributed by atoms with Gasteiger partial charge in [0.05, 0.1) is 6.02 Å². The van der Waals surface area contributed by atoms with Crippen molar-refractivity contribution >= 4 is 24.1 Å².